The lowest BCUT2D eigenvalue weighted by Gasteiger charge is -2.17. The number of aromatic hydroxyl groups is 1. The van der Waals surface area contributed by atoms with Gasteiger partial charge in [-0.1, -0.05) is 24.3 Å². The van der Waals surface area contributed by atoms with Gasteiger partial charge >= 0.3 is 6.18 Å². The lowest BCUT2D eigenvalue weighted by molar-refractivity contribution is -0.140. The molecule has 0 radical (unpaired) electrons. The van der Waals surface area contributed by atoms with Gasteiger partial charge in [0, 0.05) is 23.4 Å². The molecule has 1 heterocycles. The quantitative estimate of drug-likeness (QED) is 0.217. The molecule has 0 spiro atoms. The molecule has 3 aromatic carbocycles. The number of fused-ring (bicyclic) bond motifs is 1. The molecule has 1 aromatic heterocycles. The summed E-state index contributed by atoms with van der Waals surface area (Å²) in [4.78, 5) is 21.6. The highest BCUT2D eigenvalue weighted by molar-refractivity contribution is 6.08. The normalized spacial score (nSPS) is 12.4. The van der Waals surface area contributed by atoms with Crippen LogP contribution >= 0.6 is 0 Å². The Morgan fingerprint density at radius 2 is 1.81 bits per heavy atom. The van der Waals surface area contributed by atoms with Gasteiger partial charge in [-0.3, -0.25) is 4.79 Å². The number of carbonyl (C=O) groups is 1. The average Bonchev–Trinajstić information content (AvgIpc) is 2.82. The van der Waals surface area contributed by atoms with E-state index in [9.17, 15) is 27.5 Å². The number of hydrogen-bond acceptors (Lipinski definition) is 5. The molecule has 4 aromatic rings. The van der Waals surface area contributed by atoms with Crippen LogP contribution in [-0.4, -0.2) is 32.7 Å². The van der Waals surface area contributed by atoms with Gasteiger partial charge in [0.1, 0.15) is 11.6 Å². The number of nitrogens with zero attached hydrogens (tertiary/aromatic N) is 2. The van der Waals surface area contributed by atoms with Crippen molar-refractivity contribution in [3.63, 3.8) is 0 Å². The van der Waals surface area contributed by atoms with Crippen molar-refractivity contribution >= 4 is 22.5 Å². The summed E-state index contributed by atoms with van der Waals surface area (Å²) < 4.78 is 52.6. The number of hydrogen-bond donors (Lipinski definition) is 3. The first kappa shape index (κ1) is 25.7. The third-order valence-electron chi connectivity index (χ3n) is 5.70. The number of aromatic nitrogens is 2. The number of nitrogens with one attached hydrogen (secondary N) is 2. The van der Waals surface area contributed by atoms with E-state index in [0.717, 1.165) is 11.6 Å². The molecule has 0 saturated heterocycles. The minimum Gasteiger partial charge on any atom is -0.507 e. The monoisotopic (exact) mass is 510 g/mol. The zero-order valence-electron chi connectivity index (χ0n) is 19.8. The van der Waals surface area contributed by atoms with Gasteiger partial charge in [-0.05, 0) is 55.8 Å². The number of halogens is 4. The van der Waals surface area contributed by atoms with Crippen molar-refractivity contribution in [2.45, 2.75) is 32.5 Å². The van der Waals surface area contributed by atoms with Crippen LogP contribution in [0.4, 0.5) is 17.6 Å². The van der Waals surface area contributed by atoms with Gasteiger partial charge in [0.05, 0.1) is 28.0 Å². The van der Waals surface area contributed by atoms with E-state index in [2.05, 4.69) is 15.3 Å². The summed E-state index contributed by atoms with van der Waals surface area (Å²) in [5, 5.41) is 22.1. The lowest BCUT2D eigenvalue weighted by atomic mass is 10.0. The van der Waals surface area contributed by atoms with Gasteiger partial charge in [0.15, 0.2) is 5.82 Å². The van der Waals surface area contributed by atoms with Crippen molar-refractivity contribution in [2.75, 3.05) is 0 Å². The Labute approximate surface area is 209 Å². The maximum atomic E-state index is 13.6. The Kier molecular flexibility index (Phi) is 6.93. The summed E-state index contributed by atoms with van der Waals surface area (Å²) in [5.74, 6) is -2.10. The van der Waals surface area contributed by atoms with Gasteiger partial charge in [0.25, 0.3) is 5.91 Å². The molecule has 1 atom stereocenters. The van der Waals surface area contributed by atoms with E-state index in [1.807, 2.05) is 19.1 Å². The number of benzene rings is 3. The van der Waals surface area contributed by atoms with Crippen LogP contribution < -0.4 is 5.32 Å². The van der Waals surface area contributed by atoms with Crippen LogP contribution in [0.3, 0.4) is 0 Å². The van der Waals surface area contributed by atoms with Crippen molar-refractivity contribution < 1.29 is 27.5 Å². The molecule has 190 valence electrons. The molecule has 37 heavy (non-hydrogen) atoms. The van der Waals surface area contributed by atoms with Crippen LogP contribution in [0.1, 0.15) is 40.5 Å². The molecule has 4 rings (SSSR count). The molecule has 1 amide bonds. The van der Waals surface area contributed by atoms with Crippen LogP contribution in [0.2, 0.25) is 0 Å². The lowest BCUT2D eigenvalue weighted by Crippen LogP contribution is -2.34. The number of amides is 1. The number of rotatable bonds is 6. The number of carbonyl (C=O) groups excluding carboxylic acids is 1. The van der Waals surface area contributed by atoms with Crippen LogP contribution in [-0.2, 0) is 6.18 Å². The molecular formula is C27H22F4N4O2. The Morgan fingerprint density at radius 3 is 2.51 bits per heavy atom. The van der Waals surface area contributed by atoms with E-state index in [0.29, 0.717) is 34.3 Å². The topological polar surface area (TPSA) is 99.0 Å². The van der Waals surface area contributed by atoms with Crippen LogP contribution in [0.25, 0.3) is 22.3 Å². The number of phenolic OH excluding ortho intramolecular Hbond substituents is 1. The second kappa shape index (κ2) is 9.96. The predicted molar refractivity (Wildman–Crippen MR) is 131 cm³/mol. The molecule has 6 nitrogen and oxygen atoms in total. The van der Waals surface area contributed by atoms with E-state index >= 15 is 0 Å². The van der Waals surface area contributed by atoms with E-state index < -0.39 is 29.5 Å². The largest absolute Gasteiger partial charge is 0.507 e. The van der Waals surface area contributed by atoms with Crippen molar-refractivity contribution in [2.24, 2.45) is 0 Å². The highest BCUT2D eigenvalue weighted by Crippen LogP contribution is 2.32. The Bertz CT molecular complexity index is 1520. The van der Waals surface area contributed by atoms with Gasteiger partial charge in [-0.2, -0.15) is 13.2 Å². The van der Waals surface area contributed by atoms with Gasteiger partial charge in [-0.15, -0.1) is 0 Å². The second-order valence-corrected chi connectivity index (χ2v) is 8.68. The first-order chi connectivity index (χ1) is 17.4. The summed E-state index contributed by atoms with van der Waals surface area (Å²) in [5.41, 5.74) is 0.358. The number of phenols is 1. The molecule has 10 heteroatoms. The fourth-order valence-corrected chi connectivity index (χ4v) is 3.90. The molecule has 0 fully saturated rings. The molecular weight excluding hydrogens is 488 g/mol. The minimum atomic E-state index is -4.94. The smallest absolute Gasteiger partial charge is 0.419 e. The van der Waals surface area contributed by atoms with Crippen molar-refractivity contribution in [1.82, 2.24) is 15.3 Å². The van der Waals surface area contributed by atoms with Crippen LogP contribution in [0.5, 0.6) is 5.75 Å². The maximum absolute atomic E-state index is 13.6. The van der Waals surface area contributed by atoms with E-state index in [4.69, 9.17) is 5.41 Å². The zero-order chi connectivity index (χ0) is 26.9. The van der Waals surface area contributed by atoms with Gasteiger partial charge in [-0.25, -0.2) is 14.4 Å². The Hall–Kier alpha value is -4.34. The molecule has 3 N–H and O–H groups in total. The Balaban J connectivity index is 1.61. The predicted octanol–water partition coefficient (Wildman–Crippen LogP) is 6.05. The average molecular weight is 510 g/mol. The highest BCUT2D eigenvalue weighted by atomic mass is 19.4. The molecule has 0 unspecified atom stereocenters. The van der Waals surface area contributed by atoms with E-state index in [1.54, 1.807) is 31.2 Å². The van der Waals surface area contributed by atoms with Gasteiger partial charge < -0.3 is 15.8 Å². The van der Waals surface area contributed by atoms with E-state index in [-0.39, 0.29) is 29.3 Å². The summed E-state index contributed by atoms with van der Waals surface area (Å²) in [6.45, 7) is 3.49. The molecule has 0 aliphatic carbocycles. The third kappa shape index (κ3) is 5.58. The highest BCUT2D eigenvalue weighted by Gasteiger charge is 2.34. The molecule has 0 aliphatic rings. The fourth-order valence-electron chi connectivity index (χ4n) is 3.90. The van der Waals surface area contributed by atoms with Crippen molar-refractivity contribution in [1.29, 1.82) is 5.41 Å². The minimum absolute atomic E-state index is 0.000730. The number of alkyl halides is 3. The standard InChI is InChI=1S/C27H22F4N4O2/c1-14-7-9-17-22(11-14)34-25(18-5-3-4-6-23(18)36)35-24(17)21(32)12-15(2)33-26(37)16-8-10-20(28)19(13-16)27(29,30)31/h3-11,13,15,32,36H,12H2,1-2H3,(H,33,37)/t15-/m1/s1. The summed E-state index contributed by atoms with van der Waals surface area (Å²) >= 11 is 0. The van der Waals surface area contributed by atoms with Crippen LogP contribution in [0, 0.1) is 18.2 Å². The molecule has 0 aliphatic heterocycles. The Morgan fingerprint density at radius 1 is 1.08 bits per heavy atom. The number of para-hydroxylation sites is 1. The molecule has 0 saturated carbocycles. The summed E-state index contributed by atoms with van der Waals surface area (Å²) in [7, 11) is 0. The first-order valence-electron chi connectivity index (χ1n) is 11.3. The van der Waals surface area contributed by atoms with Crippen LogP contribution in [0.15, 0.2) is 60.7 Å². The summed E-state index contributed by atoms with van der Waals surface area (Å²) in [6, 6.07) is 13.4. The third-order valence-corrected chi connectivity index (χ3v) is 5.70. The zero-order valence-corrected chi connectivity index (χ0v) is 19.8. The van der Waals surface area contributed by atoms with Crippen molar-refractivity contribution in [3.05, 3.63) is 88.9 Å². The van der Waals surface area contributed by atoms with Crippen molar-refractivity contribution in [3.8, 4) is 17.1 Å². The van der Waals surface area contributed by atoms with Gasteiger partial charge in [0.2, 0.25) is 0 Å². The second-order valence-electron chi connectivity index (χ2n) is 8.68. The van der Waals surface area contributed by atoms with E-state index in [1.165, 1.54) is 6.07 Å². The first-order valence-corrected chi connectivity index (χ1v) is 11.3. The fraction of sp³-hybridized carbons (Fsp3) is 0.185. The number of aryl methyl sites for hydroxylation is 1. The molecule has 0 bridgehead atoms. The summed E-state index contributed by atoms with van der Waals surface area (Å²) in [6.07, 6.45) is -4.94. The SMILES string of the molecule is Cc1ccc2c(C(=N)C[C@@H](C)NC(=O)c3ccc(F)c(C(F)(F)F)c3)nc(-c3ccccc3O)nc2c1. The maximum Gasteiger partial charge on any atom is 0.419 e.